The molecule has 1 unspecified atom stereocenters. The second kappa shape index (κ2) is 7.94. The van der Waals surface area contributed by atoms with Crippen LogP contribution < -0.4 is 10.2 Å². The third-order valence-corrected chi connectivity index (χ3v) is 5.59. The summed E-state index contributed by atoms with van der Waals surface area (Å²) in [6.07, 6.45) is 3.06. The smallest absolute Gasteiger partial charge is 0.458 e. The van der Waals surface area contributed by atoms with Gasteiger partial charge in [-0.05, 0) is 40.5 Å². The van der Waals surface area contributed by atoms with Gasteiger partial charge in [0.2, 0.25) is 0 Å². The van der Waals surface area contributed by atoms with Gasteiger partial charge in [0.1, 0.15) is 6.10 Å². The third-order valence-electron chi connectivity index (χ3n) is 5.59. The number of hydrogen-bond donors (Lipinski definition) is 2. The molecule has 2 aliphatic rings. The predicted octanol–water partition coefficient (Wildman–Crippen LogP) is -0.501. The summed E-state index contributed by atoms with van der Waals surface area (Å²) in [7, 11) is -0.540. The van der Waals surface area contributed by atoms with Crippen LogP contribution >= 0.6 is 0 Å². The average molecular weight is 393 g/mol. The minimum atomic E-state index is -1.39. The highest BCUT2D eigenvalue weighted by molar-refractivity contribution is 6.61. The van der Waals surface area contributed by atoms with Crippen LogP contribution in [0, 0.1) is 0 Å². The number of piperidine rings is 1. The van der Waals surface area contributed by atoms with E-state index in [0.29, 0.717) is 18.6 Å². The van der Waals surface area contributed by atoms with E-state index in [0.717, 1.165) is 12.8 Å². The number of amides is 1. The largest absolute Gasteiger partial charge is 0.498 e. The highest BCUT2D eigenvalue weighted by Crippen LogP contribution is 2.36. The summed E-state index contributed by atoms with van der Waals surface area (Å²) in [6.45, 7) is 8.18. The minimum absolute atomic E-state index is 0.210. The lowest BCUT2D eigenvalue weighted by atomic mass is 9.81. The molecule has 1 aromatic heterocycles. The normalized spacial score (nSPS) is 24.9. The number of aromatic nitrogens is 2. The Morgan fingerprint density at radius 2 is 1.93 bits per heavy atom. The molecule has 28 heavy (non-hydrogen) atoms. The predicted molar refractivity (Wildman–Crippen MR) is 101 cm³/mol. The first-order chi connectivity index (χ1) is 13.1. The van der Waals surface area contributed by atoms with Crippen molar-refractivity contribution < 1.29 is 29.1 Å². The van der Waals surface area contributed by atoms with Gasteiger partial charge >= 0.3 is 13.1 Å². The summed E-state index contributed by atoms with van der Waals surface area (Å²) in [6, 6.07) is 0.210. The number of carbonyl (C=O) groups is 1. The second-order valence-electron chi connectivity index (χ2n) is 8.25. The molecule has 1 aromatic rings. The van der Waals surface area contributed by atoms with Gasteiger partial charge in [-0.3, -0.25) is 4.79 Å². The van der Waals surface area contributed by atoms with E-state index in [-0.39, 0.29) is 12.1 Å². The molecular weight excluding hydrogens is 365 g/mol. The van der Waals surface area contributed by atoms with Crippen LogP contribution in [-0.2, 0) is 14.1 Å². The summed E-state index contributed by atoms with van der Waals surface area (Å²) < 4.78 is 17.8. The standard InChI is InChI=1S/C18H28BN3O6/c1-17(2)18(3,4)28-19(27-17)12-8-20-16(21-9-12)26-13-6-5-7-22(10-13)15(25)14(24)11-23/h8-9,13-14,23-24H,5-7,10-11H2,1-4H3/t13-,14?/m0/s1. The fourth-order valence-corrected chi connectivity index (χ4v) is 3.16. The number of ether oxygens (including phenoxy) is 1. The fraction of sp³-hybridized carbons (Fsp3) is 0.722. The first kappa shape index (κ1) is 21.0. The third kappa shape index (κ3) is 4.30. The Balaban J connectivity index is 1.60. The fourth-order valence-electron chi connectivity index (χ4n) is 3.16. The molecule has 2 aliphatic heterocycles. The first-order valence-electron chi connectivity index (χ1n) is 9.55. The molecule has 0 bridgehead atoms. The lowest BCUT2D eigenvalue weighted by Crippen LogP contribution is -2.49. The minimum Gasteiger partial charge on any atom is -0.458 e. The van der Waals surface area contributed by atoms with Crippen LogP contribution in [0.4, 0.5) is 0 Å². The topological polar surface area (TPSA) is 114 Å². The molecule has 2 N–H and O–H groups in total. The summed E-state index contributed by atoms with van der Waals surface area (Å²) in [5.74, 6) is -0.493. The second-order valence-corrected chi connectivity index (χ2v) is 8.25. The highest BCUT2D eigenvalue weighted by atomic mass is 16.7. The molecule has 0 radical (unpaired) electrons. The molecule has 0 aromatic carbocycles. The Bertz CT molecular complexity index is 683. The van der Waals surface area contributed by atoms with Crippen LogP contribution in [0.1, 0.15) is 40.5 Å². The number of aliphatic hydroxyl groups excluding tert-OH is 2. The van der Waals surface area contributed by atoms with Crippen molar-refractivity contribution in [3.63, 3.8) is 0 Å². The van der Waals surface area contributed by atoms with Gasteiger partial charge in [-0.1, -0.05) is 0 Å². The van der Waals surface area contributed by atoms with Crippen LogP contribution in [0.3, 0.4) is 0 Å². The summed E-state index contributed by atoms with van der Waals surface area (Å²) >= 11 is 0. The highest BCUT2D eigenvalue weighted by Gasteiger charge is 2.52. The van der Waals surface area contributed by atoms with E-state index in [1.165, 1.54) is 4.90 Å². The van der Waals surface area contributed by atoms with Crippen molar-refractivity contribution in [1.82, 2.24) is 14.9 Å². The number of nitrogens with zero attached hydrogens (tertiary/aromatic N) is 3. The Labute approximate surface area is 165 Å². The van der Waals surface area contributed by atoms with Gasteiger partial charge in [0.25, 0.3) is 5.91 Å². The number of likely N-dealkylation sites (tertiary alicyclic amines) is 1. The molecule has 3 rings (SSSR count). The molecule has 10 heteroatoms. The van der Waals surface area contributed by atoms with E-state index < -0.39 is 36.9 Å². The van der Waals surface area contributed by atoms with E-state index in [4.69, 9.17) is 19.2 Å². The van der Waals surface area contributed by atoms with E-state index in [1.54, 1.807) is 12.4 Å². The first-order valence-corrected chi connectivity index (χ1v) is 9.55. The number of aliphatic hydroxyl groups is 2. The Kier molecular flexibility index (Phi) is 5.95. The lowest BCUT2D eigenvalue weighted by molar-refractivity contribution is -0.144. The van der Waals surface area contributed by atoms with Crippen LogP contribution in [0.5, 0.6) is 6.01 Å². The van der Waals surface area contributed by atoms with Crippen LogP contribution in [-0.4, -0.2) is 81.2 Å². The van der Waals surface area contributed by atoms with Gasteiger partial charge in [0.15, 0.2) is 6.10 Å². The molecule has 3 heterocycles. The quantitative estimate of drug-likeness (QED) is 0.644. The van der Waals surface area contributed by atoms with Crippen molar-refractivity contribution in [2.75, 3.05) is 19.7 Å². The summed E-state index contributed by atoms with van der Waals surface area (Å²) in [5, 5.41) is 18.5. The maximum Gasteiger partial charge on any atom is 0.498 e. The molecule has 1 amide bonds. The SMILES string of the molecule is CC1(C)OB(c2cnc(O[C@H]3CCCN(C(=O)C(O)CO)C3)nc2)OC1(C)C. The van der Waals surface area contributed by atoms with E-state index in [2.05, 4.69) is 9.97 Å². The molecule has 2 fully saturated rings. The van der Waals surface area contributed by atoms with E-state index >= 15 is 0 Å². The molecule has 0 saturated carbocycles. The van der Waals surface area contributed by atoms with Gasteiger partial charge in [0.05, 0.1) is 24.4 Å². The van der Waals surface area contributed by atoms with Crippen molar-refractivity contribution in [2.24, 2.45) is 0 Å². The zero-order chi connectivity index (χ0) is 20.5. The van der Waals surface area contributed by atoms with Crippen LogP contribution in [0.25, 0.3) is 0 Å². The van der Waals surface area contributed by atoms with Gasteiger partial charge in [-0.15, -0.1) is 0 Å². The zero-order valence-electron chi connectivity index (χ0n) is 16.8. The lowest BCUT2D eigenvalue weighted by Gasteiger charge is -2.33. The molecule has 2 atom stereocenters. The van der Waals surface area contributed by atoms with Crippen molar-refractivity contribution in [1.29, 1.82) is 0 Å². The van der Waals surface area contributed by atoms with Gasteiger partial charge in [-0.25, -0.2) is 9.97 Å². The van der Waals surface area contributed by atoms with Gasteiger partial charge < -0.3 is 29.2 Å². The summed E-state index contributed by atoms with van der Waals surface area (Å²) in [4.78, 5) is 22.0. The Morgan fingerprint density at radius 3 is 2.50 bits per heavy atom. The summed E-state index contributed by atoms with van der Waals surface area (Å²) in [5.41, 5.74) is -0.175. The van der Waals surface area contributed by atoms with E-state index in [9.17, 15) is 9.90 Å². The molecule has 154 valence electrons. The van der Waals surface area contributed by atoms with E-state index in [1.807, 2.05) is 27.7 Å². The Morgan fingerprint density at radius 1 is 1.32 bits per heavy atom. The molecule has 0 aliphatic carbocycles. The number of hydrogen-bond acceptors (Lipinski definition) is 8. The Hall–Kier alpha value is -1.75. The molecule has 9 nitrogen and oxygen atoms in total. The zero-order valence-corrected chi connectivity index (χ0v) is 16.8. The maximum atomic E-state index is 12.0. The monoisotopic (exact) mass is 393 g/mol. The van der Waals surface area contributed by atoms with Crippen molar-refractivity contribution in [2.45, 2.75) is 63.9 Å². The average Bonchev–Trinajstić information content (AvgIpc) is 2.88. The maximum absolute atomic E-state index is 12.0. The van der Waals surface area contributed by atoms with Crippen molar-refractivity contribution in [3.05, 3.63) is 12.4 Å². The molecular formula is C18H28BN3O6. The van der Waals surface area contributed by atoms with Crippen LogP contribution in [0.2, 0.25) is 0 Å². The van der Waals surface area contributed by atoms with Crippen LogP contribution in [0.15, 0.2) is 12.4 Å². The molecule has 0 spiro atoms. The number of carbonyl (C=O) groups excluding carboxylic acids is 1. The van der Waals surface area contributed by atoms with Crippen molar-refractivity contribution in [3.8, 4) is 6.01 Å². The van der Waals surface area contributed by atoms with Crippen molar-refractivity contribution >= 4 is 18.5 Å². The molecule has 2 saturated heterocycles. The van der Waals surface area contributed by atoms with Gasteiger partial charge in [-0.2, -0.15) is 0 Å². The van der Waals surface area contributed by atoms with Gasteiger partial charge in [0, 0.05) is 24.4 Å². The number of rotatable bonds is 5.